The molecule has 1 N–H and O–H groups in total. The summed E-state index contributed by atoms with van der Waals surface area (Å²) < 4.78 is 23.2. The molecule has 0 saturated carbocycles. The maximum atomic E-state index is 13.0. The lowest BCUT2D eigenvalue weighted by Crippen LogP contribution is -2.27. The Morgan fingerprint density at radius 3 is 3.06 bits per heavy atom. The number of anilines is 1. The van der Waals surface area contributed by atoms with Crippen molar-refractivity contribution in [2.75, 3.05) is 19.0 Å². The van der Waals surface area contributed by atoms with Crippen molar-refractivity contribution in [3.8, 4) is 5.75 Å². The summed E-state index contributed by atoms with van der Waals surface area (Å²) in [6.07, 6.45) is 1.19. The lowest BCUT2D eigenvalue weighted by molar-refractivity contribution is -0.124. The van der Waals surface area contributed by atoms with Gasteiger partial charge < -0.3 is 14.8 Å². The van der Waals surface area contributed by atoms with Crippen LogP contribution in [0.25, 0.3) is 0 Å². The van der Waals surface area contributed by atoms with Crippen molar-refractivity contribution in [3.63, 3.8) is 0 Å². The predicted molar refractivity (Wildman–Crippen MR) is 60.6 cm³/mol. The van der Waals surface area contributed by atoms with Crippen LogP contribution in [0.2, 0.25) is 0 Å². The van der Waals surface area contributed by atoms with Gasteiger partial charge >= 0.3 is 0 Å². The third-order valence-corrected chi connectivity index (χ3v) is 2.64. The number of hydrogen-bond donors (Lipinski definition) is 1. The molecule has 0 unspecified atom stereocenters. The van der Waals surface area contributed by atoms with Crippen molar-refractivity contribution in [3.05, 3.63) is 24.0 Å². The molecule has 1 fully saturated rings. The normalized spacial score (nSPS) is 19.1. The van der Waals surface area contributed by atoms with Gasteiger partial charge in [-0.25, -0.2) is 4.39 Å². The minimum atomic E-state index is -0.412. The standard InChI is InChI=1S/C12H14FNO3/c1-16-11-7-8(13)4-5-9(11)14-12(15)10-3-2-6-17-10/h4-5,7,10H,2-3,6H2,1H3,(H,14,15)/t10-/m1/s1. The highest BCUT2D eigenvalue weighted by Gasteiger charge is 2.24. The van der Waals surface area contributed by atoms with E-state index in [0.29, 0.717) is 18.0 Å². The van der Waals surface area contributed by atoms with Crippen LogP contribution in [0.15, 0.2) is 18.2 Å². The number of methoxy groups -OCH3 is 1. The monoisotopic (exact) mass is 239 g/mol. The molecule has 17 heavy (non-hydrogen) atoms. The van der Waals surface area contributed by atoms with E-state index >= 15 is 0 Å². The van der Waals surface area contributed by atoms with Crippen LogP contribution in [-0.2, 0) is 9.53 Å². The van der Waals surface area contributed by atoms with Gasteiger partial charge in [-0.3, -0.25) is 4.79 Å². The van der Waals surface area contributed by atoms with E-state index in [1.807, 2.05) is 0 Å². The highest BCUT2D eigenvalue weighted by Crippen LogP contribution is 2.26. The van der Waals surface area contributed by atoms with Crippen molar-refractivity contribution in [2.24, 2.45) is 0 Å². The summed E-state index contributed by atoms with van der Waals surface area (Å²) in [7, 11) is 1.43. The summed E-state index contributed by atoms with van der Waals surface area (Å²) in [6.45, 7) is 0.610. The van der Waals surface area contributed by atoms with Crippen LogP contribution in [0.1, 0.15) is 12.8 Å². The molecule has 1 aromatic carbocycles. The minimum absolute atomic E-state index is 0.215. The molecule has 1 aliphatic rings. The molecule has 1 atom stereocenters. The largest absolute Gasteiger partial charge is 0.494 e. The Bertz CT molecular complexity index is 416. The minimum Gasteiger partial charge on any atom is -0.494 e. The molecule has 1 aromatic rings. The van der Waals surface area contributed by atoms with Crippen molar-refractivity contribution >= 4 is 11.6 Å². The summed E-state index contributed by atoms with van der Waals surface area (Å²) in [6, 6.07) is 3.97. The average Bonchev–Trinajstić information content (AvgIpc) is 2.85. The molecule has 0 aliphatic carbocycles. The number of benzene rings is 1. The molecule has 0 aromatic heterocycles. The number of amides is 1. The van der Waals surface area contributed by atoms with E-state index < -0.39 is 11.9 Å². The van der Waals surface area contributed by atoms with Gasteiger partial charge in [0.25, 0.3) is 5.91 Å². The van der Waals surface area contributed by atoms with E-state index in [1.165, 1.54) is 25.3 Å². The smallest absolute Gasteiger partial charge is 0.253 e. The maximum absolute atomic E-state index is 13.0. The van der Waals surface area contributed by atoms with Crippen LogP contribution in [0.3, 0.4) is 0 Å². The Labute approximate surface area is 98.7 Å². The molecule has 0 spiro atoms. The first kappa shape index (κ1) is 11.9. The predicted octanol–water partition coefficient (Wildman–Crippen LogP) is 1.95. The highest BCUT2D eigenvalue weighted by atomic mass is 19.1. The number of hydrogen-bond acceptors (Lipinski definition) is 3. The molecule has 0 radical (unpaired) electrons. The fraction of sp³-hybridized carbons (Fsp3) is 0.417. The van der Waals surface area contributed by atoms with E-state index in [0.717, 1.165) is 12.8 Å². The molecular formula is C12H14FNO3. The lowest BCUT2D eigenvalue weighted by Gasteiger charge is -2.13. The average molecular weight is 239 g/mol. The zero-order valence-corrected chi connectivity index (χ0v) is 9.53. The van der Waals surface area contributed by atoms with E-state index in [1.54, 1.807) is 0 Å². The van der Waals surface area contributed by atoms with Gasteiger partial charge in [-0.15, -0.1) is 0 Å². The topological polar surface area (TPSA) is 47.6 Å². The van der Waals surface area contributed by atoms with Crippen LogP contribution in [0.5, 0.6) is 5.75 Å². The molecule has 1 amide bonds. The van der Waals surface area contributed by atoms with Gasteiger partial charge in [-0.1, -0.05) is 0 Å². The van der Waals surface area contributed by atoms with Crippen LogP contribution in [0.4, 0.5) is 10.1 Å². The maximum Gasteiger partial charge on any atom is 0.253 e. The van der Waals surface area contributed by atoms with Gasteiger partial charge in [-0.05, 0) is 25.0 Å². The number of carbonyl (C=O) groups excluding carboxylic acids is 1. The molecule has 5 heteroatoms. The van der Waals surface area contributed by atoms with E-state index in [2.05, 4.69) is 5.32 Å². The first-order chi connectivity index (χ1) is 8.20. The van der Waals surface area contributed by atoms with E-state index in [4.69, 9.17) is 9.47 Å². The first-order valence-corrected chi connectivity index (χ1v) is 5.46. The van der Waals surface area contributed by atoms with Crippen molar-refractivity contribution in [2.45, 2.75) is 18.9 Å². The lowest BCUT2D eigenvalue weighted by atomic mass is 10.2. The number of carbonyl (C=O) groups is 1. The number of ether oxygens (including phenoxy) is 2. The Balaban J connectivity index is 2.09. The van der Waals surface area contributed by atoms with Gasteiger partial charge in [0.15, 0.2) is 0 Å². The zero-order valence-electron chi connectivity index (χ0n) is 9.53. The molecule has 1 saturated heterocycles. The Kier molecular flexibility index (Phi) is 3.58. The first-order valence-electron chi connectivity index (χ1n) is 5.46. The molecule has 1 heterocycles. The number of nitrogens with one attached hydrogen (secondary N) is 1. The summed E-state index contributed by atoms with van der Waals surface area (Å²) in [5.74, 6) is -0.319. The zero-order chi connectivity index (χ0) is 12.3. The second-order valence-corrected chi connectivity index (χ2v) is 3.84. The van der Waals surface area contributed by atoms with Gasteiger partial charge in [0.05, 0.1) is 12.8 Å². The molecule has 92 valence electrons. The van der Waals surface area contributed by atoms with Gasteiger partial charge in [0.1, 0.15) is 17.7 Å². The SMILES string of the molecule is COc1cc(F)ccc1NC(=O)[C@H]1CCCO1. The van der Waals surface area contributed by atoms with Crippen molar-refractivity contribution < 1.29 is 18.7 Å². The van der Waals surface area contributed by atoms with Gasteiger partial charge in [0.2, 0.25) is 0 Å². The molecular weight excluding hydrogens is 225 g/mol. The third kappa shape index (κ3) is 2.74. The molecule has 2 rings (SSSR count). The van der Waals surface area contributed by atoms with Crippen molar-refractivity contribution in [1.82, 2.24) is 0 Å². The number of rotatable bonds is 3. The van der Waals surface area contributed by atoms with Crippen LogP contribution in [-0.4, -0.2) is 25.7 Å². The highest BCUT2D eigenvalue weighted by molar-refractivity contribution is 5.95. The Hall–Kier alpha value is -1.62. The van der Waals surface area contributed by atoms with Crippen LogP contribution >= 0.6 is 0 Å². The van der Waals surface area contributed by atoms with E-state index in [-0.39, 0.29) is 5.91 Å². The second kappa shape index (κ2) is 5.14. The fourth-order valence-electron chi connectivity index (χ4n) is 1.77. The third-order valence-electron chi connectivity index (χ3n) is 2.64. The summed E-state index contributed by atoms with van der Waals surface area (Å²) in [5, 5.41) is 2.68. The summed E-state index contributed by atoms with van der Waals surface area (Å²) >= 11 is 0. The molecule has 1 aliphatic heterocycles. The van der Waals surface area contributed by atoms with Gasteiger partial charge in [0, 0.05) is 12.7 Å². The van der Waals surface area contributed by atoms with Crippen LogP contribution in [0, 0.1) is 5.82 Å². The second-order valence-electron chi connectivity index (χ2n) is 3.84. The van der Waals surface area contributed by atoms with Crippen molar-refractivity contribution in [1.29, 1.82) is 0 Å². The fourth-order valence-corrected chi connectivity index (χ4v) is 1.77. The van der Waals surface area contributed by atoms with Crippen LogP contribution < -0.4 is 10.1 Å². The van der Waals surface area contributed by atoms with Gasteiger partial charge in [-0.2, -0.15) is 0 Å². The Morgan fingerprint density at radius 1 is 1.59 bits per heavy atom. The summed E-state index contributed by atoms with van der Waals surface area (Å²) in [5.41, 5.74) is 0.453. The van der Waals surface area contributed by atoms with E-state index in [9.17, 15) is 9.18 Å². The quantitative estimate of drug-likeness (QED) is 0.877. The molecule has 0 bridgehead atoms. The number of halogens is 1. The molecule has 4 nitrogen and oxygen atoms in total. The Morgan fingerprint density at radius 2 is 2.41 bits per heavy atom. The summed E-state index contributed by atoms with van der Waals surface area (Å²) in [4.78, 5) is 11.8.